The Balaban J connectivity index is 2.08. The van der Waals surface area contributed by atoms with Gasteiger partial charge in [-0.2, -0.15) is 20.5 Å². The van der Waals surface area contributed by atoms with Crippen LogP contribution in [0.1, 0.15) is 10.5 Å². The largest absolute Gasteiger partial charge is 0.318 e. The first-order valence-electron chi connectivity index (χ1n) is 3.52. The second-order valence-electron chi connectivity index (χ2n) is 2.30. The number of amides is 1. The molecule has 2 heterocycles. The minimum atomic E-state index is -0.324. The van der Waals surface area contributed by atoms with Crippen LogP contribution in [0.15, 0.2) is 18.6 Å². The molecular weight excluding hydrogens is 172 g/mol. The van der Waals surface area contributed by atoms with Crippen LogP contribution in [0.4, 0.5) is 5.69 Å². The summed E-state index contributed by atoms with van der Waals surface area (Å²) in [6.07, 6.45) is 4.41. The van der Waals surface area contributed by atoms with E-state index in [0.29, 0.717) is 5.69 Å². The van der Waals surface area contributed by atoms with Crippen LogP contribution in [-0.2, 0) is 0 Å². The van der Waals surface area contributed by atoms with Gasteiger partial charge < -0.3 is 5.32 Å². The van der Waals surface area contributed by atoms with Crippen LogP contribution in [0, 0.1) is 0 Å². The number of carbonyl (C=O) groups is 1. The van der Waals surface area contributed by atoms with Gasteiger partial charge in [0.05, 0.1) is 18.1 Å². The number of nitrogens with zero attached hydrogens (tertiary/aromatic N) is 3. The van der Waals surface area contributed by atoms with Crippen LogP contribution >= 0.6 is 0 Å². The number of aromatic amines is 2. The summed E-state index contributed by atoms with van der Waals surface area (Å²) in [7, 11) is 0. The van der Waals surface area contributed by atoms with Gasteiger partial charge in [-0.15, -0.1) is 0 Å². The van der Waals surface area contributed by atoms with E-state index in [1.807, 2.05) is 0 Å². The standard InChI is InChI=1S/C6H6N6O/c13-6(5-3-9-12-11-5)10-4-1-7-8-2-4/h1-3H,(H,7,8)(H,10,13)(H,9,11,12). The maximum atomic E-state index is 11.3. The van der Waals surface area contributed by atoms with E-state index < -0.39 is 0 Å². The molecular formula is C6H6N6O. The van der Waals surface area contributed by atoms with Crippen molar-refractivity contribution in [2.75, 3.05) is 5.32 Å². The first kappa shape index (κ1) is 7.47. The Labute approximate surface area is 72.5 Å². The SMILES string of the molecule is O=C(Nc1cn[nH]c1)c1cn[nH]n1. The number of aromatic nitrogens is 5. The molecule has 0 spiro atoms. The highest BCUT2D eigenvalue weighted by atomic mass is 16.2. The van der Waals surface area contributed by atoms with E-state index in [-0.39, 0.29) is 11.6 Å². The van der Waals surface area contributed by atoms with E-state index in [1.165, 1.54) is 12.4 Å². The van der Waals surface area contributed by atoms with Gasteiger partial charge in [0.1, 0.15) is 0 Å². The smallest absolute Gasteiger partial charge is 0.277 e. The first-order valence-corrected chi connectivity index (χ1v) is 3.52. The van der Waals surface area contributed by atoms with E-state index in [1.54, 1.807) is 6.20 Å². The Morgan fingerprint density at radius 3 is 2.92 bits per heavy atom. The lowest BCUT2D eigenvalue weighted by atomic mass is 10.4. The van der Waals surface area contributed by atoms with E-state index in [2.05, 4.69) is 30.9 Å². The molecule has 0 unspecified atom stereocenters. The minimum Gasteiger partial charge on any atom is -0.318 e. The molecule has 7 heteroatoms. The van der Waals surface area contributed by atoms with Gasteiger partial charge in [0.25, 0.3) is 5.91 Å². The lowest BCUT2D eigenvalue weighted by Crippen LogP contribution is -2.11. The molecule has 66 valence electrons. The van der Waals surface area contributed by atoms with Crippen molar-refractivity contribution in [3.8, 4) is 0 Å². The van der Waals surface area contributed by atoms with E-state index in [4.69, 9.17) is 0 Å². The lowest BCUT2D eigenvalue weighted by Gasteiger charge is -1.95. The van der Waals surface area contributed by atoms with Gasteiger partial charge in [-0.05, 0) is 0 Å². The highest BCUT2D eigenvalue weighted by Crippen LogP contribution is 2.02. The lowest BCUT2D eigenvalue weighted by molar-refractivity contribution is 0.102. The van der Waals surface area contributed by atoms with Crippen LogP contribution in [0.5, 0.6) is 0 Å². The number of nitrogens with one attached hydrogen (secondary N) is 3. The highest BCUT2D eigenvalue weighted by Gasteiger charge is 2.08. The molecule has 0 aliphatic carbocycles. The molecule has 7 nitrogen and oxygen atoms in total. The summed E-state index contributed by atoms with van der Waals surface area (Å²) in [6.45, 7) is 0. The Bertz CT molecular complexity index is 377. The fourth-order valence-corrected chi connectivity index (χ4v) is 0.825. The number of hydrogen-bond acceptors (Lipinski definition) is 4. The van der Waals surface area contributed by atoms with Crippen LogP contribution in [-0.4, -0.2) is 31.5 Å². The Morgan fingerprint density at radius 1 is 1.38 bits per heavy atom. The zero-order chi connectivity index (χ0) is 9.10. The fourth-order valence-electron chi connectivity index (χ4n) is 0.825. The van der Waals surface area contributed by atoms with Crippen molar-refractivity contribution in [1.29, 1.82) is 0 Å². The van der Waals surface area contributed by atoms with Crippen molar-refractivity contribution < 1.29 is 4.79 Å². The van der Waals surface area contributed by atoms with Crippen LogP contribution in [0.25, 0.3) is 0 Å². The van der Waals surface area contributed by atoms with Crippen LogP contribution in [0.2, 0.25) is 0 Å². The maximum Gasteiger partial charge on any atom is 0.277 e. The Hall–Kier alpha value is -2.18. The number of rotatable bonds is 2. The topological polar surface area (TPSA) is 99.4 Å². The van der Waals surface area contributed by atoms with Gasteiger partial charge in [0, 0.05) is 6.20 Å². The molecule has 0 fully saturated rings. The van der Waals surface area contributed by atoms with Crippen LogP contribution in [0.3, 0.4) is 0 Å². The zero-order valence-corrected chi connectivity index (χ0v) is 6.48. The van der Waals surface area contributed by atoms with E-state index in [0.717, 1.165) is 0 Å². The van der Waals surface area contributed by atoms with E-state index in [9.17, 15) is 4.79 Å². The third-order valence-corrected chi connectivity index (χ3v) is 1.40. The zero-order valence-electron chi connectivity index (χ0n) is 6.48. The van der Waals surface area contributed by atoms with Crippen molar-refractivity contribution >= 4 is 11.6 Å². The van der Waals surface area contributed by atoms with Gasteiger partial charge >= 0.3 is 0 Å². The molecule has 0 atom stereocenters. The van der Waals surface area contributed by atoms with Crippen molar-refractivity contribution in [2.24, 2.45) is 0 Å². The second-order valence-corrected chi connectivity index (χ2v) is 2.30. The number of H-pyrrole nitrogens is 2. The van der Waals surface area contributed by atoms with E-state index >= 15 is 0 Å². The Morgan fingerprint density at radius 2 is 2.31 bits per heavy atom. The molecule has 2 aromatic rings. The summed E-state index contributed by atoms with van der Waals surface area (Å²) in [6, 6.07) is 0. The molecule has 3 N–H and O–H groups in total. The predicted octanol–water partition coefficient (Wildman–Crippen LogP) is -0.220. The number of anilines is 1. The van der Waals surface area contributed by atoms with Gasteiger partial charge in [0.2, 0.25) is 0 Å². The summed E-state index contributed by atoms with van der Waals surface area (Å²) in [4.78, 5) is 11.3. The van der Waals surface area contributed by atoms with Gasteiger partial charge in [-0.25, -0.2) is 0 Å². The molecule has 0 aliphatic heterocycles. The minimum absolute atomic E-state index is 0.237. The molecule has 0 bridgehead atoms. The molecule has 0 aliphatic rings. The monoisotopic (exact) mass is 178 g/mol. The fraction of sp³-hybridized carbons (Fsp3) is 0. The summed E-state index contributed by atoms with van der Waals surface area (Å²) in [5.74, 6) is -0.324. The maximum absolute atomic E-state index is 11.3. The normalized spacial score (nSPS) is 9.85. The third-order valence-electron chi connectivity index (χ3n) is 1.40. The summed E-state index contributed by atoms with van der Waals surface area (Å²) in [5.41, 5.74) is 0.828. The van der Waals surface area contributed by atoms with Gasteiger partial charge in [-0.3, -0.25) is 9.89 Å². The molecule has 0 saturated heterocycles. The van der Waals surface area contributed by atoms with Gasteiger partial charge in [-0.1, -0.05) is 0 Å². The molecule has 0 saturated carbocycles. The van der Waals surface area contributed by atoms with Crippen molar-refractivity contribution in [2.45, 2.75) is 0 Å². The first-order chi connectivity index (χ1) is 6.36. The summed E-state index contributed by atoms with van der Waals surface area (Å²) < 4.78 is 0. The third kappa shape index (κ3) is 1.53. The molecule has 0 radical (unpaired) electrons. The van der Waals surface area contributed by atoms with Crippen molar-refractivity contribution in [1.82, 2.24) is 25.6 Å². The van der Waals surface area contributed by atoms with Crippen LogP contribution < -0.4 is 5.32 Å². The average molecular weight is 178 g/mol. The predicted molar refractivity (Wildman–Crippen MR) is 42.9 cm³/mol. The molecule has 2 aromatic heterocycles. The summed E-state index contributed by atoms with van der Waals surface area (Å²) in [5, 5.41) is 18.3. The highest BCUT2D eigenvalue weighted by molar-refractivity contribution is 6.02. The molecule has 13 heavy (non-hydrogen) atoms. The van der Waals surface area contributed by atoms with Crippen molar-refractivity contribution in [3.63, 3.8) is 0 Å². The molecule has 1 amide bonds. The average Bonchev–Trinajstić information content (AvgIpc) is 2.74. The summed E-state index contributed by atoms with van der Waals surface area (Å²) >= 11 is 0. The second kappa shape index (κ2) is 3.05. The van der Waals surface area contributed by atoms with Crippen molar-refractivity contribution in [3.05, 3.63) is 24.3 Å². The number of hydrogen-bond donors (Lipinski definition) is 3. The molecule has 0 aromatic carbocycles. The Kier molecular flexibility index (Phi) is 1.75. The number of carbonyl (C=O) groups excluding carboxylic acids is 1. The molecule has 2 rings (SSSR count). The quantitative estimate of drug-likeness (QED) is 0.591. The van der Waals surface area contributed by atoms with Gasteiger partial charge in [0.15, 0.2) is 5.69 Å².